The summed E-state index contributed by atoms with van der Waals surface area (Å²) in [6.45, 7) is -0.0898. The van der Waals surface area contributed by atoms with Gasteiger partial charge in [0, 0.05) is 4.90 Å². The van der Waals surface area contributed by atoms with Crippen LogP contribution in [0.4, 0.5) is 0 Å². The number of nitrogens with one attached hydrogen (secondary N) is 1. The van der Waals surface area contributed by atoms with Crippen LogP contribution in [0.2, 0.25) is 0 Å². The molecule has 136 valence electrons. The number of ether oxygens (including phenoxy) is 1. The maximum absolute atomic E-state index is 11.8. The van der Waals surface area contributed by atoms with E-state index >= 15 is 0 Å². The maximum Gasteiger partial charge on any atom is 0.277 e. The Labute approximate surface area is 163 Å². The highest BCUT2D eigenvalue weighted by Gasteiger charge is 2.02. The lowest BCUT2D eigenvalue weighted by Crippen LogP contribution is -2.24. The molecule has 0 radical (unpaired) electrons. The minimum absolute atomic E-state index is 0.0898. The van der Waals surface area contributed by atoms with Crippen LogP contribution in [0.1, 0.15) is 5.56 Å². The number of hydrazone groups is 1. The van der Waals surface area contributed by atoms with Crippen LogP contribution in [0.25, 0.3) is 11.1 Å². The van der Waals surface area contributed by atoms with Crippen molar-refractivity contribution in [2.24, 2.45) is 5.10 Å². The summed E-state index contributed by atoms with van der Waals surface area (Å²) in [5.41, 5.74) is 5.63. The molecule has 27 heavy (non-hydrogen) atoms. The van der Waals surface area contributed by atoms with Gasteiger partial charge in [0.1, 0.15) is 5.75 Å². The lowest BCUT2D eigenvalue weighted by atomic mass is 10.1. The summed E-state index contributed by atoms with van der Waals surface area (Å²) in [6.07, 6.45) is 3.63. The van der Waals surface area contributed by atoms with E-state index in [2.05, 4.69) is 22.7 Å². The molecule has 0 unspecified atom stereocenters. The van der Waals surface area contributed by atoms with Gasteiger partial charge >= 0.3 is 0 Å². The molecule has 0 fully saturated rings. The third-order valence-corrected chi connectivity index (χ3v) is 4.59. The summed E-state index contributed by atoms with van der Waals surface area (Å²) in [4.78, 5) is 13.0. The van der Waals surface area contributed by atoms with Crippen molar-refractivity contribution < 1.29 is 9.53 Å². The van der Waals surface area contributed by atoms with Crippen LogP contribution in [0.5, 0.6) is 5.75 Å². The van der Waals surface area contributed by atoms with E-state index in [1.54, 1.807) is 18.0 Å². The first-order valence-electron chi connectivity index (χ1n) is 8.49. The molecular formula is C22H20N2O2S. The SMILES string of the molecule is CSc1ccc(/C=N/NC(=O)COc2ccc(-c3ccccc3)cc2)cc1. The largest absolute Gasteiger partial charge is 0.484 e. The Balaban J connectivity index is 1.46. The Hall–Kier alpha value is -3.05. The summed E-state index contributed by atoms with van der Waals surface area (Å²) in [5, 5.41) is 3.95. The van der Waals surface area contributed by atoms with Crippen LogP contribution in [-0.4, -0.2) is 25.0 Å². The van der Waals surface area contributed by atoms with Crippen molar-refractivity contribution in [2.45, 2.75) is 4.90 Å². The van der Waals surface area contributed by atoms with Crippen LogP contribution < -0.4 is 10.2 Å². The fourth-order valence-electron chi connectivity index (χ4n) is 2.42. The molecule has 1 amide bonds. The van der Waals surface area contributed by atoms with E-state index in [0.717, 1.165) is 16.7 Å². The Morgan fingerprint density at radius 2 is 1.63 bits per heavy atom. The van der Waals surface area contributed by atoms with Crippen molar-refractivity contribution in [2.75, 3.05) is 12.9 Å². The van der Waals surface area contributed by atoms with E-state index < -0.39 is 0 Å². The molecule has 0 aliphatic rings. The molecule has 0 saturated carbocycles. The Kier molecular flexibility index (Phi) is 6.66. The van der Waals surface area contributed by atoms with Gasteiger partial charge in [0.15, 0.2) is 6.61 Å². The highest BCUT2D eigenvalue weighted by molar-refractivity contribution is 7.98. The molecule has 1 N–H and O–H groups in total. The maximum atomic E-state index is 11.8. The second kappa shape index (κ2) is 9.59. The fraction of sp³-hybridized carbons (Fsp3) is 0.0909. The summed E-state index contributed by atoms with van der Waals surface area (Å²) < 4.78 is 5.50. The number of thioether (sulfide) groups is 1. The second-order valence-electron chi connectivity index (χ2n) is 5.75. The predicted octanol–water partition coefficient (Wildman–Crippen LogP) is 4.60. The molecule has 3 aromatic carbocycles. The Morgan fingerprint density at radius 3 is 2.30 bits per heavy atom. The molecular weight excluding hydrogens is 356 g/mol. The van der Waals surface area contributed by atoms with Crippen LogP contribution in [-0.2, 0) is 4.79 Å². The average molecular weight is 376 g/mol. The smallest absolute Gasteiger partial charge is 0.277 e. The van der Waals surface area contributed by atoms with Gasteiger partial charge in [-0.3, -0.25) is 4.79 Å². The number of benzene rings is 3. The first kappa shape index (κ1) is 18.7. The molecule has 3 rings (SSSR count). The normalized spacial score (nSPS) is 10.7. The van der Waals surface area contributed by atoms with Gasteiger partial charge in [-0.15, -0.1) is 11.8 Å². The highest BCUT2D eigenvalue weighted by Crippen LogP contribution is 2.21. The van der Waals surface area contributed by atoms with Crippen molar-refractivity contribution >= 4 is 23.9 Å². The third-order valence-electron chi connectivity index (χ3n) is 3.85. The number of hydrogen-bond donors (Lipinski definition) is 1. The van der Waals surface area contributed by atoms with Crippen LogP contribution >= 0.6 is 11.8 Å². The van der Waals surface area contributed by atoms with Gasteiger partial charge < -0.3 is 4.74 Å². The Morgan fingerprint density at radius 1 is 0.963 bits per heavy atom. The topological polar surface area (TPSA) is 50.7 Å². The molecule has 0 heterocycles. The van der Waals surface area contributed by atoms with Gasteiger partial charge in [0.2, 0.25) is 0 Å². The number of amides is 1. The zero-order valence-electron chi connectivity index (χ0n) is 15.0. The highest BCUT2D eigenvalue weighted by atomic mass is 32.2. The monoisotopic (exact) mass is 376 g/mol. The molecule has 0 aromatic heterocycles. The summed E-state index contributed by atoms with van der Waals surface area (Å²) in [6, 6.07) is 25.7. The van der Waals surface area contributed by atoms with E-state index in [4.69, 9.17) is 4.74 Å². The summed E-state index contributed by atoms with van der Waals surface area (Å²) in [7, 11) is 0. The molecule has 0 spiro atoms. The number of carbonyl (C=O) groups excluding carboxylic acids is 1. The van der Waals surface area contributed by atoms with Crippen molar-refractivity contribution in [3.63, 3.8) is 0 Å². The van der Waals surface area contributed by atoms with Crippen molar-refractivity contribution in [3.05, 3.63) is 84.4 Å². The summed E-state index contributed by atoms with van der Waals surface area (Å²) in [5.74, 6) is 0.334. The van der Waals surface area contributed by atoms with Crippen LogP contribution in [0.3, 0.4) is 0 Å². The van der Waals surface area contributed by atoms with Crippen LogP contribution in [0.15, 0.2) is 88.9 Å². The van der Waals surface area contributed by atoms with Gasteiger partial charge in [-0.05, 0) is 47.2 Å². The van der Waals surface area contributed by atoms with Crippen molar-refractivity contribution in [1.29, 1.82) is 0 Å². The zero-order chi connectivity index (χ0) is 18.9. The molecule has 0 saturated heterocycles. The van der Waals surface area contributed by atoms with E-state index in [0.29, 0.717) is 5.75 Å². The molecule has 3 aromatic rings. The van der Waals surface area contributed by atoms with Crippen molar-refractivity contribution in [1.82, 2.24) is 5.43 Å². The third kappa shape index (κ3) is 5.72. The average Bonchev–Trinajstić information content (AvgIpc) is 2.74. The first-order valence-corrected chi connectivity index (χ1v) is 9.71. The number of carbonyl (C=O) groups is 1. The molecule has 5 heteroatoms. The van der Waals surface area contributed by atoms with Crippen LogP contribution in [0, 0.1) is 0 Å². The standard InChI is InChI=1S/C22H20N2O2S/c1-27-21-13-7-17(8-14-21)15-23-24-22(25)16-26-20-11-9-19(10-12-20)18-5-3-2-4-6-18/h2-15H,16H2,1H3,(H,24,25)/b23-15+. The van der Waals surface area contributed by atoms with E-state index in [-0.39, 0.29) is 12.5 Å². The molecule has 0 bridgehead atoms. The lowest BCUT2D eigenvalue weighted by molar-refractivity contribution is -0.123. The first-order chi connectivity index (χ1) is 13.2. The number of rotatable bonds is 7. The van der Waals surface area contributed by atoms with E-state index in [9.17, 15) is 4.79 Å². The minimum Gasteiger partial charge on any atom is -0.484 e. The molecule has 0 aliphatic carbocycles. The van der Waals surface area contributed by atoms with Gasteiger partial charge in [-0.1, -0.05) is 54.6 Å². The van der Waals surface area contributed by atoms with Gasteiger partial charge in [-0.25, -0.2) is 5.43 Å². The van der Waals surface area contributed by atoms with E-state index in [1.807, 2.05) is 73.0 Å². The number of hydrogen-bond acceptors (Lipinski definition) is 4. The zero-order valence-corrected chi connectivity index (χ0v) is 15.8. The minimum atomic E-state index is -0.306. The predicted molar refractivity (Wildman–Crippen MR) is 111 cm³/mol. The quantitative estimate of drug-likeness (QED) is 0.372. The van der Waals surface area contributed by atoms with Gasteiger partial charge in [0.05, 0.1) is 6.21 Å². The van der Waals surface area contributed by atoms with Crippen molar-refractivity contribution in [3.8, 4) is 16.9 Å². The second-order valence-corrected chi connectivity index (χ2v) is 6.63. The number of nitrogens with zero attached hydrogens (tertiary/aromatic N) is 1. The van der Waals surface area contributed by atoms with Gasteiger partial charge in [-0.2, -0.15) is 5.10 Å². The fourth-order valence-corrected chi connectivity index (χ4v) is 2.83. The molecule has 0 atom stereocenters. The van der Waals surface area contributed by atoms with Gasteiger partial charge in [0.25, 0.3) is 5.91 Å². The lowest BCUT2D eigenvalue weighted by Gasteiger charge is -2.06. The Bertz CT molecular complexity index is 892. The summed E-state index contributed by atoms with van der Waals surface area (Å²) >= 11 is 1.68. The van der Waals surface area contributed by atoms with E-state index in [1.165, 1.54) is 4.90 Å². The molecule has 0 aliphatic heterocycles. The molecule has 4 nitrogen and oxygen atoms in total.